The first kappa shape index (κ1) is 8.54. The van der Waals surface area contributed by atoms with Crippen molar-refractivity contribution < 1.29 is 4.84 Å². The Kier molecular flexibility index (Phi) is 3.78. The SMILES string of the molecule is CCO/N=C(\N)N=C(N)N. The van der Waals surface area contributed by atoms with Gasteiger partial charge in [0.05, 0.1) is 0 Å². The van der Waals surface area contributed by atoms with Gasteiger partial charge < -0.3 is 22.0 Å². The van der Waals surface area contributed by atoms with Crippen molar-refractivity contribution in [1.29, 1.82) is 0 Å². The minimum atomic E-state index is -0.138. The van der Waals surface area contributed by atoms with Gasteiger partial charge in [-0.05, 0) is 12.1 Å². The first-order valence-corrected chi connectivity index (χ1v) is 2.72. The Morgan fingerprint density at radius 1 is 1.40 bits per heavy atom. The first-order valence-electron chi connectivity index (χ1n) is 2.72. The summed E-state index contributed by atoms with van der Waals surface area (Å²) in [5.41, 5.74) is 15.1. The maximum absolute atomic E-state index is 5.14. The highest BCUT2D eigenvalue weighted by Gasteiger charge is 1.86. The van der Waals surface area contributed by atoms with Gasteiger partial charge in [-0.2, -0.15) is 4.99 Å². The number of rotatable bonds is 2. The number of oxime groups is 1. The lowest BCUT2D eigenvalue weighted by Crippen LogP contribution is -2.26. The Hall–Kier alpha value is -1.46. The molecule has 6 heteroatoms. The van der Waals surface area contributed by atoms with Crippen molar-refractivity contribution in [1.82, 2.24) is 0 Å². The van der Waals surface area contributed by atoms with Gasteiger partial charge in [0, 0.05) is 0 Å². The van der Waals surface area contributed by atoms with Crippen LogP contribution in [-0.4, -0.2) is 18.5 Å². The van der Waals surface area contributed by atoms with Crippen LogP contribution in [0.1, 0.15) is 6.92 Å². The lowest BCUT2D eigenvalue weighted by molar-refractivity contribution is 0.158. The molecule has 0 fully saturated rings. The molecule has 0 unspecified atom stereocenters. The molecule has 0 spiro atoms. The standard InChI is InChI=1S/C4H11N5O/c1-2-10-9-4(7)8-3(5)6/h2H2,1H3,(H6,5,6,7,8,9). The number of nitrogens with zero attached hydrogens (tertiary/aromatic N) is 2. The highest BCUT2D eigenvalue weighted by atomic mass is 16.6. The predicted molar refractivity (Wildman–Crippen MR) is 39.1 cm³/mol. The molecule has 0 aliphatic heterocycles. The molecule has 0 amide bonds. The summed E-state index contributed by atoms with van der Waals surface area (Å²) in [5.74, 6) is -0.220. The molecule has 0 radical (unpaired) electrons. The molecule has 0 atom stereocenters. The summed E-state index contributed by atoms with van der Waals surface area (Å²) in [6.45, 7) is 2.20. The molecule has 0 saturated carbocycles. The van der Waals surface area contributed by atoms with Crippen molar-refractivity contribution in [3.8, 4) is 0 Å². The lowest BCUT2D eigenvalue weighted by Gasteiger charge is -1.93. The fourth-order valence-corrected chi connectivity index (χ4v) is 0.283. The van der Waals surface area contributed by atoms with Crippen molar-refractivity contribution in [3.63, 3.8) is 0 Å². The largest absolute Gasteiger partial charge is 0.393 e. The molecule has 0 aliphatic rings. The maximum atomic E-state index is 5.14. The molecule has 0 rings (SSSR count). The van der Waals surface area contributed by atoms with Gasteiger partial charge in [0.25, 0.3) is 5.96 Å². The van der Waals surface area contributed by atoms with Gasteiger partial charge in [-0.15, -0.1) is 0 Å². The van der Waals surface area contributed by atoms with Crippen molar-refractivity contribution in [3.05, 3.63) is 0 Å². The third kappa shape index (κ3) is 4.69. The second-order valence-corrected chi connectivity index (χ2v) is 1.40. The molecule has 0 aromatic carbocycles. The van der Waals surface area contributed by atoms with Crippen LogP contribution >= 0.6 is 0 Å². The maximum Gasteiger partial charge on any atom is 0.260 e. The summed E-state index contributed by atoms with van der Waals surface area (Å²) in [6, 6.07) is 0. The van der Waals surface area contributed by atoms with E-state index in [1.807, 2.05) is 0 Å². The Morgan fingerprint density at radius 2 is 2.00 bits per heavy atom. The highest BCUT2D eigenvalue weighted by Crippen LogP contribution is 1.75. The van der Waals surface area contributed by atoms with Gasteiger partial charge in [0.1, 0.15) is 6.61 Å². The fraction of sp³-hybridized carbons (Fsp3) is 0.500. The topological polar surface area (TPSA) is 112 Å². The Bertz CT molecular complexity index is 148. The minimum absolute atomic E-state index is 0.0816. The Balaban J connectivity index is 3.82. The van der Waals surface area contributed by atoms with Crippen molar-refractivity contribution in [2.45, 2.75) is 6.92 Å². The van der Waals surface area contributed by atoms with E-state index in [2.05, 4.69) is 15.0 Å². The minimum Gasteiger partial charge on any atom is -0.393 e. The zero-order chi connectivity index (χ0) is 7.98. The van der Waals surface area contributed by atoms with Crippen LogP contribution in [0.2, 0.25) is 0 Å². The van der Waals surface area contributed by atoms with E-state index in [4.69, 9.17) is 17.2 Å². The molecule has 0 aliphatic carbocycles. The van der Waals surface area contributed by atoms with Crippen LogP contribution in [0.25, 0.3) is 0 Å². The summed E-state index contributed by atoms with van der Waals surface area (Å²) in [5, 5.41) is 3.33. The number of hydrogen-bond donors (Lipinski definition) is 3. The van der Waals surface area contributed by atoms with E-state index in [0.717, 1.165) is 0 Å². The van der Waals surface area contributed by atoms with Gasteiger partial charge in [0.15, 0.2) is 5.96 Å². The zero-order valence-electron chi connectivity index (χ0n) is 5.74. The molecule has 6 nitrogen and oxygen atoms in total. The van der Waals surface area contributed by atoms with E-state index in [1.54, 1.807) is 6.92 Å². The van der Waals surface area contributed by atoms with Crippen LogP contribution in [-0.2, 0) is 4.84 Å². The normalized spacial score (nSPS) is 10.7. The van der Waals surface area contributed by atoms with E-state index in [0.29, 0.717) is 6.61 Å². The first-order chi connectivity index (χ1) is 4.66. The van der Waals surface area contributed by atoms with Crippen molar-refractivity contribution in [2.24, 2.45) is 27.3 Å². The van der Waals surface area contributed by atoms with Crippen LogP contribution in [0.5, 0.6) is 0 Å². The summed E-state index contributed by atoms with van der Waals surface area (Å²) >= 11 is 0. The molecule has 10 heavy (non-hydrogen) atoms. The fourth-order valence-electron chi connectivity index (χ4n) is 0.283. The summed E-state index contributed by atoms with van der Waals surface area (Å²) in [6.07, 6.45) is 0. The van der Waals surface area contributed by atoms with Crippen LogP contribution in [0.3, 0.4) is 0 Å². The Morgan fingerprint density at radius 3 is 2.40 bits per heavy atom. The molecule has 0 aromatic rings. The summed E-state index contributed by atoms with van der Waals surface area (Å²) < 4.78 is 0. The van der Waals surface area contributed by atoms with Gasteiger partial charge in [-0.1, -0.05) is 0 Å². The van der Waals surface area contributed by atoms with Gasteiger partial charge in [-0.3, -0.25) is 0 Å². The number of hydrogen-bond acceptors (Lipinski definition) is 2. The monoisotopic (exact) mass is 145 g/mol. The van der Waals surface area contributed by atoms with Crippen molar-refractivity contribution >= 4 is 11.9 Å². The quantitative estimate of drug-likeness (QED) is 0.250. The lowest BCUT2D eigenvalue weighted by atomic mass is 10.9. The third-order valence-corrected chi connectivity index (χ3v) is 0.531. The second kappa shape index (κ2) is 4.42. The average molecular weight is 145 g/mol. The van der Waals surface area contributed by atoms with E-state index in [1.165, 1.54) is 0 Å². The number of guanidine groups is 2. The highest BCUT2D eigenvalue weighted by molar-refractivity contribution is 5.92. The van der Waals surface area contributed by atoms with E-state index >= 15 is 0 Å². The molecule has 0 bridgehead atoms. The molecular weight excluding hydrogens is 134 g/mol. The van der Waals surface area contributed by atoms with E-state index in [9.17, 15) is 0 Å². The molecule has 0 aromatic heterocycles. The smallest absolute Gasteiger partial charge is 0.260 e. The molecular formula is C4H11N5O. The van der Waals surface area contributed by atoms with Gasteiger partial charge in [-0.25, -0.2) is 0 Å². The molecule has 0 heterocycles. The number of nitrogens with two attached hydrogens (primary N) is 3. The van der Waals surface area contributed by atoms with Crippen LogP contribution in [0.4, 0.5) is 0 Å². The van der Waals surface area contributed by atoms with Crippen molar-refractivity contribution in [2.75, 3.05) is 6.61 Å². The second-order valence-electron chi connectivity index (χ2n) is 1.40. The van der Waals surface area contributed by atoms with Gasteiger partial charge >= 0.3 is 0 Å². The molecule has 6 N–H and O–H groups in total. The number of aliphatic imine (C=N–C) groups is 1. The van der Waals surface area contributed by atoms with E-state index < -0.39 is 0 Å². The molecule has 58 valence electrons. The summed E-state index contributed by atoms with van der Waals surface area (Å²) in [7, 11) is 0. The predicted octanol–water partition coefficient (Wildman–Crippen LogP) is -1.47. The van der Waals surface area contributed by atoms with Crippen LogP contribution in [0, 0.1) is 0 Å². The van der Waals surface area contributed by atoms with Crippen LogP contribution < -0.4 is 17.2 Å². The third-order valence-electron chi connectivity index (χ3n) is 0.531. The van der Waals surface area contributed by atoms with Crippen LogP contribution in [0.15, 0.2) is 10.1 Å². The average Bonchev–Trinajstić information content (AvgIpc) is 1.82. The summed E-state index contributed by atoms with van der Waals surface area (Å²) in [4.78, 5) is 7.93. The zero-order valence-corrected chi connectivity index (χ0v) is 5.74. The molecule has 0 saturated heterocycles. The Labute approximate surface area is 58.7 Å². The van der Waals surface area contributed by atoms with Gasteiger partial charge in [0.2, 0.25) is 0 Å². The van der Waals surface area contributed by atoms with E-state index in [-0.39, 0.29) is 11.9 Å².